The van der Waals surface area contributed by atoms with Crippen LogP contribution in [-0.4, -0.2) is 50.9 Å². The molecule has 11 heteroatoms. The molecule has 3 heterocycles. The fraction of sp³-hybridized carbons (Fsp3) is 0.464. The third kappa shape index (κ3) is 5.58. The van der Waals surface area contributed by atoms with E-state index in [0.29, 0.717) is 40.2 Å². The highest BCUT2D eigenvalue weighted by molar-refractivity contribution is 6.76. The molecule has 1 aliphatic rings. The SMILES string of the molecule is CC(NC(=O)c1cn(COCC[Si](C)(C)C)c2ncc(-c3nn(C)c4cc(F)ccc34)nc12)[C@H]1C[C@@H](C#N)C1. The average molecular weight is 548 g/mol. The van der Waals surface area contributed by atoms with Gasteiger partial charge in [-0.3, -0.25) is 9.48 Å². The minimum atomic E-state index is -1.24. The first-order chi connectivity index (χ1) is 18.5. The van der Waals surface area contributed by atoms with Gasteiger partial charge in [0.15, 0.2) is 5.65 Å². The molecule has 1 saturated carbocycles. The molecule has 1 atom stereocenters. The maximum absolute atomic E-state index is 13.9. The molecule has 9 nitrogen and oxygen atoms in total. The minimum absolute atomic E-state index is 0.0691. The summed E-state index contributed by atoms with van der Waals surface area (Å²) in [5, 5.41) is 17.5. The van der Waals surface area contributed by atoms with E-state index in [-0.39, 0.29) is 36.3 Å². The predicted octanol–water partition coefficient (Wildman–Crippen LogP) is 5.10. The number of halogens is 1. The van der Waals surface area contributed by atoms with Gasteiger partial charge in [0.05, 0.1) is 23.3 Å². The van der Waals surface area contributed by atoms with Gasteiger partial charge in [0.25, 0.3) is 5.91 Å². The molecule has 1 aliphatic carbocycles. The van der Waals surface area contributed by atoms with E-state index >= 15 is 0 Å². The normalized spacial score (nSPS) is 18.2. The fourth-order valence-corrected chi connectivity index (χ4v) is 5.73. The highest BCUT2D eigenvalue weighted by Gasteiger charge is 2.34. The molecule has 0 spiro atoms. The Hall–Kier alpha value is -3.62. The molecule has 1 fully saturated rings. The molecule has 204 valence electrons. The number of carbonyl (C=O) groups is 1. The summed E-state index contributed by atoms with van der Waals surface area (Å²) in [5.74, 6) is -0.239. The van der Waals surface area contributed by atoms with Crippen LogP contribution in [0.2, 0.25) is 25.7 Å². The Balaban J connectivity index is 1.48. The molecule has 5 rings (SSSR count). The molecule has 0 bridgehead atoms. The van der Waals surface area contributed by atoms with E-state index in [1.165, 1.54) is 12.1 Å². The summed E-state index contributed by atoms with van der Waals surface area (Å²) in [7, 11) is 0.508. The van der Waals surface area contributed by atoms with Crippen LogP contribution in [0.1, 0.15) is 30.1 Å². The Labute approximate surface area is 228 Å². The maximum atomic E-state index is 13.9. The van der Waals surface area contributed by atoms with E-state index < -0.39 is 8.07 Å². The Morgan fingerprint density at radius 2 is 2.10 bits per heavy atom. The van der Waals surface area contributed by atoms with Crippen molar-refractivity contribution in [2.24, 2.45) is 18.9 Å². The number of nitrogens with one attached hydrogen (secondary N) is 1. The van der Waals surface area contributed by atoms with Crippen LogP contribution in [0.3, 0.4) is 0 Å². The standard InChI is InChI=1S/C28H34FN7O2Si/c1-17(19-10-18(11-19)13-30)32-28(37)22-15-36(16-38-8-9-39(3,4)5)27-26(22)33-23(14-31-27)25-21-7-6-20(29)12-24(21)35(2)34-25/h6-7,12,14-15,17-19H,8-11,16H2,1-5H3,(H,32,37)/t17?,18-,19+. The highest BCUT2D eigenvalue weighted by atomic mass is 28.3. The average Bonchev–Trinajstić information content (AvgIpc) is 3.37. The van der Waals surface area contributed by atoms with E-state index in [1.807, 2.05) is 11.5 Å². The molecule has 39 heavy (non-hydrogen) atoms. The summed E-state index contributed by atoms with van der Waals surface area (Å²) < 4.78 is 23.3. The summed E-state index contributed by atoms with van der Waals surface area (Å²) in [5.41, 5.74) is 3.11. The zero-order valence-corrected chi connectivity index (χ0v) is 24.0. The summed E-state index contributed by atoms with van der Waals surface area (Å²) >= 11 is 0. The van der Waals surface area contributed by atoms with Crippen molar-refractivity contribution in [1.29, 1.82) is 5.26 Å². The van der Waals surface area contributed by atoms with Crippen molar-refractivity contribution in [3.05, 3.63) is 42.0 Å². The third-order valence-corrected chi connectivity index (χ3v) is 9.22. The monoisotopic (exact) mass is 547 g/mol. The first kappa shape index (κ1) is 27.0. The van der Waals surface area contributed by atoms with Crippen molar-refractivity contribution < 1.29 is 13.9 Å². The number of nitriles is 1. The van der Waals surface area contributed by atoms with Crippen molar-refractivity contribution in [2.75, 3.05) is 6.61 Å². The van der Waals surface area contributed by atoms with Crippen molar-refractivity contribution in [3.8, 4) is 17.5 Å². The van der Waals surface area contributed by atoms with Gasteiger partial charge in [-0.1, -0.05) is 19.6 Å². The molecule has 1 unspecified atom stereocenters. The van der Waals surface area contributed by atoms with Crippen molar-refractivity contribution in [1.82, 2.24) is 29.6 Å². The maximum Gasteiger partial charge on any atom is 0.255 e. The van der Waals surface area contributed by atoms with Crippen LogP contribution in [0, 0.1) is 29.0 Å². The second kappa shape index (κ2) is 10.5. The number of hydrogen-bond donors (Lipinski definition) is 1. The Morgan fingerprint density at radius 1 is 1.33 bits per heavy atom. The lowest BCUT2D eigenvalue weighted by Crippen LogP contribution is -2.43. The smallest absolute Gasteiger partial charge is 0.255 e. The number of rotatable bonds is 9. The molecule has 0 aliphatic heterocycles. The largest absolute Gasteiger partial charge is 0.361 e. The number of amides is 1. The highest BCUT2D eigenvalue weighted by Crippen LogP contribution is 2.35. The van der Waals surface area contributed by atoms with E-state index in [9.17, 15) is 9.18 Å². The number of ether oxygens (including phenoxy) is 1. The summed E-state index contributed by atoms with van der Waals surface area (Å²) in [6.45, 7) is 9.77. The van der Waals surface area contributed by atoms with Crippen LogP contribution in [-0.2, 0) is 18.5 Å². The van der Waals surface area contributed by atoms with Gasteiger partial charge in [-0.25, -0.2) is 14.4 Å². The minimum Gasteiger partial charge on any atom is -0.361 e. The first-order valence-electron chi connectivity index (χ1n) is 13.3. The van der Waals surface area contributed by atoms with Crippen LogP contribution in [0.5, 0.6) is 0 Å². The van der Waals surface area contributed by atoms with Crippen LogP contribution >= 0.6 is 0 Å². The molecule has 3 aromatic heterocycles. The van der Waals surface area contributed by atoms with E-state index in [1.54, 1.807) is 30.2 Å². The number of benzene rings is 1. The van der Waals surface area contributed by atoms with Gasteiger partial charge in [0.1, 0.15) is 29.5 Å². The summed E-state index contributed by atoms with van der Waals surface area (Å²) in [6, 6.07) is 7.77. The number of hydrogen-bond acceptors (Lipinski definition) is 6. The van der Waals surface area contributed by atoms with Crippen LogP contribution in [0.15, 0.2) is 30.6 Å². The van der Waals surface area contributed by atoms with Gasteiger partial charge < -0.3 is 14.6 Å². The molecular formula is C28H34FN7O2Si. The number of nitrogens with zero attached hydrogens (tertiary/aromatic N) is 6. The molecule has 1 aromatic carbocycles. The van der Waals surface area contributed by atoms with E-state index in [4.69, 9.17) is 15.0 Å². The number of aromatic nitrogens is 5. The molecular weight excluding hydrogens is 513 g/mol. The summed E-state index contributed by atoms with van der Waals surface area (Å²) in [6.07, 6.45) is 4.96. The molecule has 4 aromatic rings. The zero-order chi connectivity index (χ0) is 27.9. The molecule has 1 N–H and O–H groups in total. The predicted molar refractivity (Wildman–Crippen MR) is 150 cm³/mol. The summed E-state index contributed by atoms with van der Waals surface area (Å²) in [4.78, 5) is 23.0. The Bertz CT molecular complexity index is 1580. The van der Waals surface area contributed by atoms with Crippen LogP contribution in [0.4, 0.5) is 4.39 Å². The van der Waals surface area contributed by atoms with Gasteiger partial charge >= 0.3 is 0 Å². The second-order valence-corrected chi connectivity index (χ2v) is 17.4. The first-order valence-corrected chi connectivity index (χ1v) is 17.0. The van der Waals surface area contributed by atoms with Crippen molar-refractivity contribution in [2.45, 2.75) is 58.2 Å². The van der Waals surface area contributed by atoms with E-state index in [0.717, 1.165) is 24.3 Å². The quantitative estimate of drug-likeness (QED) is 0.230. The fourth-order valence-electron chi connectivity index (χ4n) is 4.97. The topological polar surface area (TPSA) is 111 Å². The van der Waals surface area contributed by atoms with Gasteiger partial charge in [-0.15, -0.1) is 0 Å². The van der Waals surface area contributed by atoms with Crippen LogP contribution in [0.25, 0.3) is 33.5 Å². The van der Waals surface area contributed by atoms with Gasteiger partial charge in [0.2, 0.25) is 0 Å². The lowest BCUT2D eigenvalue weighted by atomic mass is 9.72. The molecule has 0 saturated heterocycles. The Morgan fingerprint density at radius 3 is 2.82 bits per heavy atom. The molecule has 1 amide bonds. The lowest BCUT2D eigenvalue weighted by molar-refractivity contribution is 0.0876. The van der Waals surface area contributed by atoms with E-state index in [2.05, 4.69) is 41.1 Å². The zero-order valence-electron chi connectivity index (χ0n) is 23.0. The second-order valence-electron chi connectivity index (χ2n) is 11.7. The number of aryl methyl sites for hydroxylation is 1. The number of fused-ring (bicyclic) bond motifs is 2. The molecule has 0 radical (unpaired) electrons. The lowest BCUT2D eigenvalue weighted by Gasteiger charge is -2.35. The van der Waals surface area contributed by atoms with Crippen molar-refractivity contribution >= 4 is 36.0 Å². The van der Waals surface area contributed by atoms with Gasteiger partial charge in [0, 0.05) is 45.3 Å². The van der Waals surface area contributed by atoms with Gasteiger partial charge in [-0.2, -0.15) is 10.4 Å². The van der Waals surface area contributed by atoms with Gasteiger partial charge in [-0.05, 0) is 49.9 Å². The number of carbonyl (C=O) groups excluding carboxylic acids is 1. The Kier molecular flexibility index (Phi) is 7.26. The van der Waals surface area contributed by atoms with Crippen molar-refractivity contribution in [3.63, 3.8) is 0 Å². The van der Waals surface area contributed by atoms with Crippen LogP contribution < -0.4 is 5.32 Å². The third-order valence-electron chi connectivity index (χ3n) is 7.52.